The summed E-state index contributed by atoms with van der Waals surface area (Å²) in [5.74, 6) is 2.62. The molecule has 0 bridgehead atoms. The summed E-state index contributed by atoms with van der Waals surface area (Å²) in [5.41, 5.74) is -0.742. The molecule has 8 nitrogen and oxygen atoms in total. The SMILES string of the molecule is C=[S-](=O)ON1CCCCC(NS(C)(=O)=O)C1C(=O)OC(C)(C)C. The Labute approximate surface area is 139 Å². The van der Waals surface area contributed by atoms with E-state index >= 15 is 0 Å². The molecular formula is C13H25N2O6S2-. The Morgan fingerprint density at radius 3 is 2.43 bits per heavy atom. The largest absolute Gasteiger partial charge is 0.459 e. The predicted octanol–water partition coefficient (Wildman–Crippen LogP) is 0.343. The molecule has 1 saturated heterocycles. The highest BCUT2D eigenvalue weighted by Gasteiger charge is 2.39. The van der Waals surface area contributed by atoms with E-state index < -0.39 is 44.3 Å². The first-order valence-corrected chi connectivity index (χ1v) is 10.4. The zero-order valence-electron chi connectivity index (χ0n) is 13.9. The van der Waals surface area contributed by atoms with Gasteiger partial charge in [-0.1, -0.05) is 6.42 Å². The maximum atomic E-state index is 12.6. The first-order chi connectivity index (χ1) is 10.4. The molecule has 1 N–H and O–H groups in total. The van der Waals surface area contributed by atoms with E-state index in [4.69, 9.17) is 9.02 Å². The number of sulfonamides is 1. The van der Waals surface area contributed by atoms with Crippen LogP contribution in [-0.2, 0) is 38.7 Å². The second-order valence-corrected chi connectivity index (χ2v) is 9.03. The van der Waals surface area contributed by atoms with Gasteiger partial charge >= 0.3 is 5.97 Å². The Balaban J connectivity index is 3.14. The summed E-state index contributed by atoms with van der Waals surface area (Å²) in [6.07, 6.45) is 2.82. The lowest BCUT2D eigenvalue weighted by atomic mass is 10.0. The van der Waals surface area contributed by atoms with Crippen LogP contribution >= 0.6 is 0 Å². The standard InChI is InChI=1S/C13H25N2O6S2/c1-13(2,3)20-12(16)11-10(14-23(5,18)19)8-6-7-9-15(11)21-22(4)17/h10-11,14H,4,6-9H2,1-3,5H3/q-1. The first-order valence-electron chi connectivity index (χ1n) is 7.26. The number of hydrogen-bond acceptors (Lipinski definition) is 8. The van der Waals surface area contributed by atoms with E-state index in [2.05, 4.69) is 10.6 Å². The Kier molecular flexibility index (Phi) is 7.02. The van der Waals surface area contributed by atoms with Gasteiger partial charge < -0.3 is 13.2 Å². The van der Waals surface area contributed by atoms with Crippen molar-refractivity contribution in [3.8, 4) is 0 Å². The third kappa shape index (κ3) is 7.62. The maximum Gasteiger partial charge on any atom is 0.327 e. The summed E-state index contributed by atoms with van der Waals surface area (Å²) >= 11 is 0. The fourth-order valence-electron chi connectivity index (χ4n) is 2.36. The van der Waals surface area contributed by atoms with Gasteiger partial charge in [0.25, 0.3) is 0 Å². The average Bonchev–Trinajstić information content (AvgIpc) is 2.46. The molecule has 2 unspecified atom stereocenters. The minimum Gasteiger partial charge on any atom is -0.459 e. The summed E-state index contributed by atoms with van der Waals surface area (Å²) in [6, 6.07) is -1.76. The van der Waals surface area contributed by atoms with Crippen LogP contribution in [-0.4, -0.2) is 55.8 Å². The third-order valence-electron chi connectivity index (χ3n) is 3.03. The van der Waals surface area contributed by atoms with Crippen molar-refractivity contribution in [1.82, 2.24) is 9.79 Å². The van der Waals surface area contributed by atoms with Crippen LogP contribution in [0.4, 0.5) is 0 Å². The van der Waals surface area contributed by atoms with Gasteiger partial charge in [-0.05, 0) is 33.6 Å². The van der Waals surface area contributed by atoms with Crippen LogP contribution in [0.3, 0.4) is 0 Å². The molecule has 0 radical (unpaired) electrons. The molecule has 1 heterocycles. The van der Waals surface area contributed by atoms with E-state index in [1.54, 1.807) is 20.8 Å². The summed E-state index contributed by atoms with van der Waals surface area (Å²) in [6.45, 7) is 5.47. The molecule has 1 aliphatic heterocycles. The molecule has 1 rings (SSSR count). The van der Waals surface area contributed by atoms with Crippen molar-refractivity contribution in [3.63, 3.8) is 0 Å². The van der Waals surface area contributed by atoms with Gasteiger partial charge in [0, 0.05) is 6.54 Å². The van der Waals surface area contributed by atoms with Gasteiger partial charge in [-0.15, -0.1) is 10.7 Å². The Morgan fingerprint density at radius 1 is 1.35 bits per heavy atom. The second kappa shape index (κ2) is 7.93. The molecule has 10 heteroatoms. The van der Waals surface area contributed by atoms with Crippen LogP contribution in [0.2, 0.25) is 0 Å². The second-order valence-electron chi connectivity index (χ2n) is 6.49. The van der Waals surface area contributed by atoms with Crippen molar-refractivity contribution in [3.05, 3.63) is 0 Å². The molecule has 0 saturated carbocycles. The number of carbonyl (C=O) groups is 1. The van der Waals surface area contributed by atoms with Crippen molar-refractivity contribution in [2.45, 2.75) is 57.7 Å². The van der Waals surface area contributed by atoms with Crippen molar-refractivity contribution in [2.75, 3.05) is 12.8 Å². The van der Waals surface area contributed by atoms with Gasteiger partial charge in [0.05, 0.1) is 12.3 Å². The summed E-state index contributed by atoms with van der Waals surface area (Å²) in [7, 11) is -5.41. The zero-order chi connectivity index (χ0) is 17.8. The van der Waals surface area contributed by atoms with Gasteiger partial charge in [-0.25, -0.2) is 13.1 Å². The molecule has 0 spiro atoms. The molecule has 136 valence electrons. The highest BCUT2D eigenvalue weighted by molar-refractivity contribution is 7.88. The van der Waals surface area contributed by atoms with Crippen LogP contribution in [0, 0.1) is 0 Å². The fourth-order valence-corrected chi connectivity index (χ4v) is 3.54. The lowest BCUT2D eigenvalue weighted by Crippen LogP contribution is -2.55. The van der Waals surface area contributed by atoms with Crippen LogP contribution in [0.15, 0.2) is 0 Å². The number of ether oxygens (including phenoxy) is 1. The number of nitrogens with one attached hydrogen (secondary N) is 1. The van der Waals surface area contributed by atoms with Crippen molar-refractivity contribution in [2.24, 2.45) is 0 Å². The van der Waals surface area contributed by atoms with E-state index in [9.17, 15) is 17.4 Å². The summed E-state index contributed by atoms with van der Waals surface area (Å²) in [5, 5.41) is 1.22. The molecule has 2 atom stereocenters. The topological polar surface area (TPSA) is 102 Å². The number of hydrogen-bond donors (Lipinski definition) is 1. The van der Waals surface area contributed by atoms with Crippen LogP contribution < -0.4 is 4.72 Å². The molecular weight excluding hydrogens is 344 g/mol. The van der Waals surface area contributed by atoms with E-state index in [1.807, 2.05) is 0 Å². The van der Waals surface area contributed by atoms with Crippen molar-refractivity contribution >= 4 is 32.5 Å². The summed E-state index contributed by atoms with van der Waals surface area (Å²) in [4.78, 5) is 12.6. The molecule has 0 amide bonds. The highest BCUT2D eigenvalue weighted by atomic mass is 32.2. The first kappa shape index (κ1) is 20.4. The Morgan fingerprint density at radius 2 is 1.96 bits per heavy atom. The number of esters is 1. The van der Waals surface area contributed by atoms with E-state index in [0.717, 1.165) is 6.26 Å². The van der Waals surface area contributed by atoms with Crippen LogP contribution in [0.5, 0.6) is 0 Å². The molecule has 0 aromatic heterocycles. The van der Waals surface area contributed by atoms with Crippen molar-refractivity contribution in [1.29, 1.82) is 0 Å². The highest BCUT2D eigenvalue weighted by Crippen LogP contribution is 2.22. The summed E-state index contributed by atoms with van der Waals surface area (Å²) < 4.78 is 47.5. The molecule has 1 fully saturated rings. The Bertz CT molecular complexity index is 586. The molecule has 23 heavy (non-hydrogen) atoms. The molecule has 0 aliphatic carbocycles. The minimum absolute atomic E-state index is 0.326. The smallest absolute Gasteiger partial charge is 0.327 e. The number of nitrogens with zero attached hydrogens (tertiary/aromatic N) is 1. The number of hydroxylamine groups is 2. The van der Waals surface area contributed by atoms with E-state index in [1.165, 1.54) is 5.06 Å². The number of rotatable bonds is 5. The van der Waals surface area contributed by atoms with Gasteiger partial charge in [-0.2, -0.15) is 10.9 Å². The fraction of sp³-hybridized carbons (Fsp3) is 0.846. The van der Waals surface area contributed by atoms with Gasteiger partial charge in [-0.3, -0.25) is 4.79 Å². The quantitative estimate of drug-likeness (QED) is 0.424. The zero-order valence-corrected chi connectivity index (χ0v) is 15.5. The van der Waals surface area contributed by atoms with Crippen LogP contribution in [0.1, 0.15) is 40.0 Å². The lowest BCUT2D eigenvalue weighted by molar-refractivity contribution is -0.176. The van der Waals surface area contributed by atoms with Crippen molar-refractivity contribution < 1.29 is 26.4 Å². The van der Waals surface area contributed by atoms with Crippen LogP contribution in [0.25, 0.3) is 0 Å². The number of carbonyl (C=O) groups excluding carboxylic acids is 1. The van der Waals surface area contributed by atoms with Gasteiger partial charge in [0.1, 0.15) is 11.6 Å². The molecule has 0 aromatic carbocycles. The lowest BCUT2D eigenvalue weighted by Gasteiger charge is -2.35. The van der Waals surface area contributed by atoms with Gasteiger partial charge in [0.2, 0.25) is 10.0 Å². The third-order valence-corrected chi connectivity index (χ3v) is 4.12. The predicted molar refractivity (Wildman–Crippen MR) is 88.2 cm³/mol. The molecule has 0 aromatic rings. The van der Waals surface area contributed by atoms with E-state index in [0.29, 0.717) is 25.8 Å². The monoisotopic (exact) mass is 369 g/mol. The minimum atomic E-state index is -3.53. The average molecular weight is 369 g/mol. The Hall–Kier alpha value is -0.680. The maximum absolute atomic E-state index is 12.6. The van der Waals surface area contributed by atoms with Gasteiger partial charge in [0.15, 0.2) is 0 Å². The molecule has 1 aliphatic rings. The van der Waals surface area contributed by atoms with E-state index in [-0.39, 0.29) is 0 Å². The normalized spacial score (nSPS) is 24.4.